The smallest absolute Gasteiger partial charge is 0.349 e. The van der Waals surface area contributed by atoms with Crippen molar-refractivity contribution in [1.29, 1.82) is 0 Å². The molecule has 39 heavy (non-hydrogen) atoms. The predicted octanol–water partition coefficient (Wildman–Crippen LogP) is 6.15. The lowest BCUT2D eigenvalue weighted by Gasteiger charge is -2.13. The van der Waals surface area contributed by atoms with E-state index in [0.29, 0.717) is 35.4 Å². The van der Waals surface area contributed by atoms with E-state index in [0.717, 1.165) is 28.8 Å². The molecule has 0 saturated heterocycles. The van der Waals surface area contributed by atoms with Gasteiger partial charge in [-0.1, -0.05) is 23.7 Å². The molecule has 4 rings (SSSR count). The third-order valence-corrected chi connectivity index (χ3v) is 6.29. The van der Waals surface area contributed by atoms with E-state index in [2.05, 4.69) is 26.1 Å². The lowest BCUT2D eigenvalue weighted by molar-refractivity contribution is -0.137. The number of urea groups is 1. The van der Waals surface area contributed by atoms with Gasteiger partial charge in [-0.3, -0.25) is 9.89 Å². The van der Waals surface area contributed by atoms with Crippen LogP contribution in [0.4, 0.5) is 29.3 Å². The topological polar surface area (TPSA) is 102 Å². The quantitative estimate of drug-likeness (QED) is 0.219. The Morgan fingerprint density at radius 2 is 1.69 bits per heavy atom. The first-order chi connectivity index (χ1) is 18.4. The number of aryl methyl sites for hydroxylation is 1. The first-order valence-electron chi connectivity index (χ1n) is 11.9. The molecule has 0 fully saturated rings. The monoisotopic (exact) mass is 558 g/mol. The van der Waals surface area contributed by atoms with Crippen LogP contribution in [0.3, 0.4) is 0 Å². The maximum Gasteiger partial charge on any atom is 0.417 e. The van der Waals surface area contributed by atoms with Crippen LogP contribution in [0.25, 0.3) is 22.0 Å². The van der Waals surface area contributed by atoms with Crippen LogP contribution in [0.5, 0.6) is 0 Å². The molecule has 8 nitrogen and oxygen atoms in total. The Morgan fingerprint density at radius 1 is 1.00 bits per heavy atom. The molecule has 0 bridgehead atoms. The second kappa shape index (κ2) is 11.3. The number of likely N-dealkylation sites (N-methyl/N-ethyl adjacent to an activating group) is 1. The number of halogens is 4. The van der Waals surface area contributed by atoms with Crippen molar-refractivity contribution in [3.63, 3.8) is 0 Å². The summed E-state index contributed by atoms with van der Waals surface area (Å²) in [5.41, 5.74) is 2.87. The number of aromatic nitrogens is 2. The van der Waals surface area contributed by atoms with Gasteiger partial charge in [0.1, 0.15) is 0 Å². The molecule has 4 aromatic rings. The van der Waals surface area contributed by atoms with Gasteiger partial charge >= 0.3 is 12.2 Å². The van der Waals surface area contributed by atoms with Crippen LogP contribution in [0.2, 0.25) is 5.02 Å². The predicted molar refractivity (Wildman–Crippen MR) is 146 cm³/mol. The number of alkyl halides is 3. The summed E-state index contributed by atoms with van der Waals surface area (Å²) < 4.78 is 39.4. The van der Waals surface area contributed by atoms with Crippen LogP contribution in [0.1, 0.15) is 21.6 Å². The largest absolute Gasteiger partial charge is 0.417 e. The lowest BCUT2D eigenvalue weighted by Crippen LogP contribution is -2.31. The molecule has 0 aliphatic carbocycles. The van der Waals surface area contributed by atoms with Crippen molar-refractivity contribution >= 4 is 45.8 Å². The minimum absolute atomic E-state index is 0.0530. The van der Waals surface area contributed by atoms with Crippen molar-refractivity contribution in [2.45, 2.75) is 13.1 Å². The summed E-state index contributed by atoms with van der Waals surface area (Å²) in [6, 6.07) is 13.2. The number of nitrogens with one attached hydrogen (secondary N) is 4. The summed E-state index contributed by atoms with van der Waals surface area (Å²) in [6.45, 7) is 3.10. The Balaban J connectivity index is 1.51. The fourth-order valence-electron chi connectivity index (χ4n) is 3.96. The molecule has 0 radical (unpaired) electrons. The van der Waals surface area contributed by atoms with Gasteiger partial charge in [0, 0.05) is 29.9 Å². The first kappa shape index (κ1) is 27.9. The number of amides is 3. The van der Waals surface area contributed by atoms with Crippen LogP contribution in [-0.4, -0.2) is 54.2 Å². The van der Waals surface area contributed by atoms with Gasteiger partial charge in [-0.05, 0) is 80.2 Å². The van der Waals surface area contributed by atoms with E-state index < -0.39 is 22.8 Å². The molecule has 0 atom stereocenters. The fraction of sp³-hybridized carbons (Fsp3) is 0.222. The summed E-state index contributed by atoms with van der Waals surface area (Å²) in [6.07, 6.45) is -4.65. The summed E-state index contributed by atoms with van der Waals surface area (Å²) in [5, 5.41) is 15.2. The number of carbonyl (C=O) groups excluding carboxylic acids is 2. The number of rotatable bonds is 7. The Labute approximate surface area is 227 Å². The highest BCUT2D eigenvalue weighted by Gasteiger charge is 2.33. The molecule has 3 aromatic carbocycles. The molecule has 12 heteroatoms. The van der Waals surface area contributed by atoms with E-state index in [4.69, 9.17) is 11.6 Å². The van der Waals surface area contributed by atoms with Crippen molar-refractivity contribution in [2.75, 3.05) is 37.8 Å². The van der Waals surface area contributed by atoms with E-state index in [-0.39, 0.29) is 11.6 Å². The van der Waals surface area contributed by atoms with Gasteiger partial charge in [-0.25, -0.2) is 4.79 Å². The Hall–Kier alpha value is -4.09. The van der Waals surface area contributed by atoms with E-state index in [9.17, 15) is 22.8 Å². The summed E-state index contributed by atoms with van der Waals surface area (Å²) >= 11 is 5.65. The summed E-state index contributed by atoms with van der Waals surface area (Å²) in [7, 11) is 3.84. The highest BCUT2D eigenvalue weighted by atomic mass is 35.5. The van der Waals surface area contributed by atoms with Gasteiger partial charge in [0.25, 0.3) is 5.91 Å². The van der Waals surface area contributed by atoms with Crippen molar-refractivity contribution in [1.82, 2.24) is 20.4 Å². The summed E-state index contributed by atoms with van der Waals surface area (Å²) in [5.74, 6) is -0.271. The average Bonchev–Trinajstić information content (AvgIpc) is 3.29. The van der Waals surface area contributed by atoms with Gasteiger partial charge in [0.2, 0.25) is 0 Å². The molecule has 4 N–H and O–H groups in total. The molecule has 1 heterocycles. The third-order valence-electron chi connectivity index (χ3n) is 5.96. The molecule has 204 valence electrons. The van der Waals surface area contributed by atoms with Crippen molar-refractivity contribution in [2.24, 2.45) is 0 Å². The van der Waals surface area contributed by atoms with E-state index >= 15 is 0 Å². The van der Waals surface area contributed by atoms with Crippen LogP contribution >= 0.6 is 11.6 Å². The van der Waals surface area contributed by atoms with Gasteiger partial charge < -0.3 is 20.9 Å². The van der Waals surface area contributed by atoms with Gasteiger partial charge in [0.15, 0.2) is 5.69 Å². The zero-order chi connectivity index (χ0) is 28.3. The van der Waals surface area contributed by atoms with Crippen molar-refractivity contribution in [3.8, 4) is 11.1 Å². The number of anilines is 2. The standard InChI is InChI=1S/C27H26ClF3N6O2/c1-15-4-6-17(33-26(39)34-18-7-9-22(28)21(14-18)27(29,30)31)13-20(15)16-5-8-19-23(12-16)35-36-24(19)25(38)32-10-11-37(2)3/h4-9,12-14H,10-11H2,1-3H3,(H,32,38)(H,35,36)(H2,33,34,39). The number of benzene rings is 3. The SMILES string of the molecule is Cc1ccc(NC(=O)Nc2ccc(Cl)c(C(F)(F)F)c2)cc1-c1ccc2c(C(=O)NCCN(C)C)n[nH]c2c1. The molecule has 0 saturated carbocycles. The molecular weight excluding hydrogens is 533 g/mol. The van der Waals surface area contributed by atoms with E-state index in [1.54, 1.807) is 18.2 Å². The highest BCUT2D eigenvalue weighted by Crippen LogP contribution is 2.36. The number of hydrogen-bond acceptors (Lipinski definition) is 4. The van der Waals surface area contributed by atoms with E-state index in [1.807, 2.05) is 44.1 Å². The second-order valence-corrected chi connectivity index (χ2v) is 9.60. The lowest BCUT2D eigenvalue weighted by atomic mass is 9.98. The normalized spacial score (nSPS) is 11.6. The minimum atomic E-state index is -4.65. The van der Waals surface area contributed by atoms with Crippen LogP contribution in [0.15, 0.2) is 54.6 Å². The Bertz CT molecular complexity index is 1530. The van der Waals surface area contributed by atoms with Crippen LogP contribution in [-0.2, 0) is 6.18 Å². The number of hydrogen-bond donors (Lipinski definition) is 4. The zero-order valence-corrected chi connectivity index (χ0v) is 22.1. The number of carbonyl (C=O) groups is 2. The molecule has 0 unspecified atom stereocenters. The number of H-pyrrole nitrogens is 1. The second-order valence-electron chi connectivity index (χ2n) is 9.19. The Kier molecular flexibility index (Phi) is 8.12. The highest BCUT2D eigenvalue weighted by molar-refractivity contribution is 6.31. The van der Waals surface area contributed by atoms with Crippen LogP contribution in [0, 0.1) is 6.92 Å². The van der Waals surface area contributed by atoms with Gasteiger partial charge in [-0.15, -0.1) is 0 Å². The fourth-order valence-corrected chi connectivity index (χ4v) is 4.19. The molecular formula is C27H26ClF3N6O2. The average molecular weight is 559 g/mol. The van der Waals surface area contributed by atoms with Gasteiger partial charge in [0.05, 0.1) is 16.1 Å². The maximum absolute atomic E-state index is 13.1. The minimum Gasteiger partial charge on any atom is -0.349 e. The molecule has 0 aliphatic rings. The first-order valence-corrected chi connectivity index (χ1v) is 12.3. The molecule has 0 aliphatic heterocycles. The molecule has 0 spiro atoms. The summed E-state index contributed by atoms with van der Waals surface area (Å²) in [4.78, 5) is 27.0. The van der Waals surface area contributed by atoms with Crippen molar-refractivity contribution in [3.05, 3.63) is 76.4 Å². The van der Waals surface area contributed by atoms with Crippen molar-refractivity contribution < 1.29 is 22.8 Å². The van der Waals surface area contributed by atoms with Crippen LogP contribution < -0.4 is 16.0 Å². The zero-order valence-electron chi connectivity index (χ0n) is 21.3. The Morgan fingerprint density at radius 3 is 2.38 bits per heavy atom. The molecule has 1 aromatic heterocycles. The number of nitrogens with zero attached hydrogens (tertiary/aromatic N) is 2. The maximum atomic E-state index is 13.1. The van der Waals surface area contributed by atoms with Gasteiger partial charge in [-0.2, -0.15) is 18.3 Å². The molecule has 3 amide bonds. The number of fused-ring (bicyclic) bond motifs is 1. The number of aromatic amines is 1. The van der Waals surface area contributed by atoms with E-state index in [1.165, 1.54) is 6.07 Å². The third kappa shape index (κ3) is 6.68.